The first-order valence-electron chi connectivity index (χ1n) is 11.6. The van der Waals surface area contributed by atoms with Crippen LogP contribution in [0.25, 0.3) is 11.2 Å². The summed E-state index contributed by atoms with van der Waals surface area (Å²) < 4.78 is 6.97. The van der Waals surface area contributed by atoms with Gasteiger partial charge in [-0.1, -0.05) is 103 Å². The Hall–Kier alpha value is -3.78. The maximum atomic E-state index is 13.3. The molecule has 0 fully saturated rings. The highest BCUT2D eigenvalue weighted by molar-refractivity contribution is 6.35. The zero-order valence-corrected chi connectivity index (χ0v) is 21.4. The zero-order valence-electron chi connectivity index (χ0n) is 19.9. The number of halogens is 2. The monoisotopic (exact) mass is 531 g/mol. The highest BCUT2D eigenvalue weighted by atomic mass is 35.5. The van der Waals surface area contributed by atoms with Gasteiger partial charge in [-0.3, -0.25) is 10.1 Å². The van der Waals surface area contributed by atoms with Gasteiger partial charge < -0.3 is 9.30 Å². The number of nitrogens with zero attached hydrogens (tertiary/aromatic N) is 4. The van der Waals surface area contributed by atoms with Crippen molar-refractivity contribution in [2.45, 2.75) is 18.1 Å². The van der Waals surface area contributed by atoms with Crippen molar-refractivity contribution in [3.05, 3.63) is 124 Å². The summed E-state index contributed by atoms with van der Waals surface area (Å²) in [5, 5.41) is 3.80. The van der Waals surface area contributed by atoms with E-state index in [1.165, 1.54) is 7.11 Å². The van der Waals surface area contributed by atoms with Crippen LogP contribution >= 0.6 is 23.2 Å². The van der Waals surface area contributed by atoms with Crippen LogP contribution in [-0.4, -0.2) is 38.6 Å². The van der Waals surface area contributed by atoms with E-state index in [4.69, 9.17) is 27.9 Å². The molecule has 37 heavy (non-hydrogen) atoms. The van der Waals surface area contributed by atoms with Crippen LogP contribution in [0.2, 0.25) is 10.4 Å². The van der Waals surface area contributed by atoms with E-state index in [2.05, 4.69) is 20.3 Å². The van der Waals surface area contributed by atoms with Gasteiger partial charge in [0.15, 0.2) is 10.8 Å². The summed E-state index contributed by atoms with van der Waals surface area (Å²) in [5.41, 5.74) is 2.82. The topological polar surface area (TPSA) is 81.9 Å². The lowest BCUT2D eigenvalue weighted by atomic mass is 9.76. The third-order valence-corrected chi connectivity index (χ3v) is 6.70. The van der Waals surface area contributed by atoms with E-state index in [1.807, 2.05) is 91.0 Å². The average Bonchev–Trinajstić information content (AvgIpc) is 3.34. The predicted molar refractivity (Wildman–Crippen MR) is 143 cm³/mol. The van der Waals surface area contributed by atoms with Crippen molar-refractivity contribution >= 4 is 40.3 Å². The van der Waals surface area contributed by atoms with Gasteiger partial charge in [0.1, 0.15) is 11.6 Å². The van der Waals surface area contributed by atoms with E-state index in [0.29, 0.717) is 11.2 Å². The summed E-state index contributed by atoms with van der Waals surface area (Å²) in [5.74, 6) is -0.444. The number of imidazole rings is 1. The third kappa shape index (κ3) is 4.81. The minimum absolute atomic E-state index is 0.00553. The average molecular weight is 532 g/mol. The number of ether oxygens (including phenoxy) is 1. The van der Waals surface area contributed by atoms with E-state index in [9.17, 15) is 4.79 Å². The summed E-state index contributed by atoms with van der Waals surface area (Å²) >= 11 is 12.3. The molecule has 2 heterocycles. The van der Waals surface area contributed by atoms with Crippen LogP contribution < -0.4 is 5.32 Å². The number of nitrogens with one attached hydrogen (secondary N) is 1. The van der Waals surface area contributed by atoms with Gasteiger partial charge in [0.25, 0.3) is 0 Å². The molecule has 2 aromatic heterocycles. The number of hydrogen-bond acceptors (Lipinski definition) is 6. The highest BCUT2D eigenvalue weighted by Gasteiger charge is 2.40. The molecule has 0 spiro atoms. The fourth-order valence-electron chi connectivity index (χ4n) is 4.61. The number of esters is 1. The highest BCUT2D eigenvalue weighted by Crippen LogP contribution is 2.37. The molecule has 5 rings (SSSR count). The Kier molecular flexibility index (Phi) is 7.19. The zero-order chi connectivity index (χ0) is 25.8. The Morgan fingerprint density at radius 2 is 1.41 bits per heavy atom. The van der Waals surface area contributed by atoms with Crippen LogP contribution in [0, 0.1) is 0 Å². The molecule has 0 aliphatic carbocycles. The third-order valence-electron chi connectivity index (χ3n) is 6.27. The van der Waals surface area contributed by atoms with Gasteiger partial charge >= 0.3 is 5.97 Å². The van der Waals surface area contributed by atoms with Crippen molar-refractivity contribution in [1.82, 2.24) is 24.8 Å². The fraction of sp³-hybridized carbons (Fsp3) is 0.143. The Bertz CT molecular complexity index is 1420. The molecule has 0 aliphatic heterocycles. The maximum absolute atomic E-state index is 13.3. The molecule has 9 heteroatoms. The Morgan fingerprint density at radius 1 is 0.892 bits per heavy atom. The summed E-state index contributed by atoms with van der Waals surface area (Å²) in [6.45, 7) is 0.154. The van der Waals surface area contributed by atoms with Crippen molar-refractivity contribution in [3.63, 3.8) is 0 Å². The predicted octanol–water partition coefficient (Wildman–Crippen LogP) is 5.26. The number of carbonyl (C=O) groups is 1. The fourth-order valence-corrected chi connectivity index (χ4v) is 5.03. The van der Waals surface area contributed by atoms with Crippen molar-refractivity contribution in [2.75, 3.05) is 7.11 Å². The molecule has 0 bridgehead atoms. The molecule has 1 atom stereocenters. The molecular formula is C28H23Cl2N5O2. The molecule has 5 aromatic rings. The summed E-state index contributed by atoms with van der Waals surface area (Å²) in [6.07, 6.45) is 1.56. The largest absolute Gasteiger partial charge is 0.468 e. The van der Waals surface area contributed by atoms with Crippen molar-refractivity contribution < 1.29 is 9.53 Å². The molecule has 3 aromatic carbocycles. The molecule has 0 saturated carbocycles. The molecule has 7 nitrogen and oxygen atoms in total. The first-order chi connectivity index (χ1) is 18.0. The van der Waals surface area contributed by atoms with Crippen LogP contribution in [0.1, 0.15) is 16.7 Å². The molecular weight excluding hydrogens is 509 g/mol. The van der Waals surface area contributed by atoms with Gasteiger partial charge in [-0.15, -0.1) is 0 Å². The number of carbonyl (C=O) groups excluding carboxylic acids is 1. The van der Waals surface area contributed by atoms with Gasteiger partial charge in [-0.2, -0.15) is 4.98 Å². The lowest BCUT2D eigenvalue weighted by molar-refractivity contribution is -0.143. The molecule has 0 amide bonds. The van der Waals surface area contributed by atoms with Gasteiger partial charge in [0.2, 0.25) is 5.28 Å². The normalized spacial score (nSPS) is 12.4. The van der Waals surface area contributed by atoms with E-state index >= 15 is 0 Å². The first kappa shape index (κ1) is 24.9. The van der Waals surface area contributed by atoms with E-state index in [0.717, 1.165) is 16.7 Å². The lowest BCUT2D eigenvalue weighted by Crippen LogP contribution is -2.54. The second-order valence-corrected chi connectivity index (χ2v) is 9.12. The van der Waals surface area contributed by atoms with Gasteiger partial charge in [0, 0.05) is 0 Å². The maximum Gasteiger partial charge on any atom is 0.324 e. The van der Waals surface area contributed by atoms with Crippen LogP contribution in [-0.2, 0) is 21.6 Å². The summed E-state index contributed by atoms with van der Waals surface area (Å²) in [4.78, 5) is 25.9. The Balaban J connectivity index is 1.68. The van der Waals surface area contributed by atoms with Crippen molar-refractivity contribution in [2.24, 2.45) is 0 Å². The SMILES string of the molecule is COC(=O)[C@H](Cn1cnc2c(Cl)nc(Cl)nc21)NC(c1ccccc1)(c1ccccc1)c1ccccc1. The van der Waals surface area contributed by atoms with Crippen LogP contribution in [0.15, 0.2) is 97.3 Å². The number of methoxy groups -OCH3 is 1. The number of benzene rings is 3. The second-order valence-electron chi connectivity index (χ2n) is 8.42. The number of rotatable bonds is 8. The quantitative estimate of drug-likeness (QED) is 0.127. The Morgan fingerprint density at radius 3 is 1.89 bits per heavy atom. The van der Waals surface area contributed by atoms with Crippen LogP contribution in [0.4, 0.5) is 0 Å². The molecule has 0 aliphatic rings. The number of aromatic nitrogens is 4. The smallest absolute Gasteiger partial charge is 0.324 e. The summed E-state index contributed by atoms with van der Waals surface area (Å²) in [6, 6.07) is 29.2. The van der Waals surface area contributed by atoms with E-state index < -0.39 is 17.6 Å². The van der Waals surface area contributed by atoms with Crippen molar-refractivity contribution in [3.8, 4) is 0 Å². The molecule has 186 valence electrons. The lowest BCUT2D eigenvalue weighted by Gasteiger charge is -2.39. The number of fused-ring (bicyclic) bond motifs is 1. The van der Waals surface area contributed by atoms with E-state index in [1.54, 1.807) is 10.9 Å². The minimum Gasteiger partial charge on any atom is -0.468 e. The molecule has 0 unspecified atom stereocenters. The molecule has 1 N–H and O–H groups in total. The second kappa shape index (κ2) is 10.7. The van der Waals surface area contributed by atoms with E-state index in [-0.39, 0.29) is 17.0 Å². The van der Waals surface area contributed by atoms with Crippen LogP contribution in [0.5, 0.6) is 0 Å². The van der Waals surface area contributed by atoms with Gasteiger partial charge in [-0.05, 0) is 28.3 Å². The first-order valence-corrected chi connectivity index (χ1v) is 12.3. The van der Waals surface area contributed by atoms with Crippen LogP contribution in [0.3, 0.4) is 0 Å². The summed E-state index contributed by atoms with van der Waals surface area (Å²) in [7, 11) is 1.37. The minimum atomic E-state index is -0.886. The molecule has 0 saturated heterocycles. The van der Waals surface area contributed by atoms with Crippen molar-refractivity contribution in [1.29, 1.82) is 0 Å². The Labute approximate surface area is 224 Å². The van der Waals surface area contributed by atoms with Gasteiger partial charge in [0.05, 0.1) is 25.5 Å². The van der Waals surface area contributed by atoms with Gasteiger partial charge in [-0.25, -0.2) is 9.97 Å². The number of hydrogen-bond donors (Lipinski definition) is 1. The molecule has 0 radical (unpaired) electrons. The standard InChI is InChI=1S/C28H23Cl2N5O2/c1-37-26(36)22(17-35-18-31-23-24(29)32-27(30)33-25(23)35)34-28(19-11-5-2-6-12-19,20-13-7-3-8-14-20)21-15-9-4-10-16-21/h2-16,18,22,34H,17H2,1H3/t22-/m0/s1.